The van der Waals surface area contributed by atoms with Crippen molar-refractivity contribution in [1.29, 1.82) is 5.41 Å². The Labute approximate surface area is 264 Å². The lowest BCUT2D eigenvalue weighted by Gasteiger charge is -2.61. The van der Waals surface area contributed by atoms with Gasteiger partial charge in [-0.25, -0.2) is 4.79 Å². The molecule has 6 atom stereocenters. The van der Waals surface area contributed by atoms with E-state index in [1.807, 2.05) is 12.1 Å². The number of nitrogens with one attached hydrogen (secondary N) is 4. The third-order valence-electron chi connectivity index (χ3n) is 10.7. The first-order valence-electron chi connectivity index (χ1n) is 16.2. The molecular formula is C32H47N7O6. The molecule has 0 aromatic heterocycles. The number of carbonyl (C=O) groups excluding carboxylic acids is 2. The Bertz CT molecular complexity index is 1370. The van der Waals surface area contributed by atoms with Crippen LogP contribution in [0.4, 0.5) is 4.79 Å². The van der Waals surface area contributed by atoms with Gasteiger partial charge in [-0.15, -0.1) is 0 Å². The Hall–Kier alpha value is -3.55. The van der Waals surface area contributed by atoms with Crippen molar-refractivity contribution in [2.24, 2.45) is 5.73 Å². The van der Waals surface area contributed by atoms with Crippen LogP contribution in [0.1, 0.15) is 56.1 Å². The quantitative estimate of drug-likeness (QED) is 0.132. The van der Waals surface area contributed by atoms with Crippen molar-refractivity contribution in [3.63, 3.8) is 0 Å². The number of methoxy groups -OCH3 is 1. The number of likely N-dealkylation sites (tertiary alicyclic amines) is 2. The van der Waals surface area contributed by atoms with E-state index in [-0.39, 0.29) is 30.5 Å². The summed E-state index contributed by atoms with van der Waals surface area (Å²) in [6.07, 6.45) is 6.07. The van der Waals surface area contributed by atoms with Crippen LogP contribution in [0.3, 0.4) is 0 Å². The van der Waals surface area contributed by atoms with Crippen molar-refractivity contribution >= 4 is 18.0 Å². The lowest BCUT2D eigenvalue weighted by molar-refractivity contribution is -0.163. The van der Waals surface area contributed by atoms with Crippen molar-refractivity contribution in [1.82, 2.24) is 25.8 Å². The van der Waals surface area contributed by atoms with E-state index in [1.165, 1.54) is 0 Å². The number of guanidine groups is 1. The lowest BCUT2D eigenvalue weighted by Crippen LogP contribution is -2.74. The van der Waals surface area contributed by atoms with E-state index < -0.39 is 29.3 Å². The topological polar surface area (TPSA) is 174 Å². The van der Waals surface area contributed by atoms with Gasteiger partial charge in [-0.1, -0.05) is 6.07 Å². The fourth-order valence-corrected chi connectivity index (χ4v) is 8.30. The number of likely N-dealkylation sites (N-methyl/N-ethyl adjacent to an activating group) is 1. The molecule has 6 rings (SSSR count). The van der Waals surface area contributed by atoms with Gasteiger partial charge in [-0.2, -0.15) is 0 Å². The van der Waals surface area contributed by atoms with Crippen molar-refractivity contribution in [2.75, 3.05) is 47.4 Å². The van der Waals surface area contributed by atoms with Crippen LogP contribution < -0.4 is 31.2 Å². The van der Waals surface area contributed by atoms with Gasteiger partial charge in [0.25, 0.3) is 0 Å². The number of ether oxygens (including phenoxy) is 3. The summed E-state index contributed by atoms with van der Waals surface area (Å²) in [4.78, 5) is 30.5. The molecule has 5 aliphatic rings. The maximum absolute atomic E-state index is 13.8. The molecule has 2 fully saturated rings. The predicted octanol–water partition coefficient (Wildman–Crippen LogP) is 0.931. The summed E-state index contributed by atoms with van der Waals surface area (Å²) in [6, 6.07) is 3.00. The zero-order valence-electron chi connectivity index (χ0n) is 26.5. The number of benzene rings is 1. The Morgan fingerprint density at radius 2 is 2.09 bits per heavy atom. The fourth-order valence-electron chi connectivity index (χ4n) is 8.30. The minimum absolute atomic E-state index is 0.0859. The van der Waals surface area contributed by atoms with Gasteiger partial charge in [0.05, 0.1) is 30.2 Å². The first kappa shape index (κ1) is 31.4. The molecule has 0 radical (unpaired) electrons. The van der Waals surface area contributed by atoms with Crippen LogP contribution in [0.2, 0.25) is 0 Å². The molecule has 3 heterocycles. The van der Waals surface area contributed by atoms with Crippen LogP contribution in [0.15, 0.2) is 24.0 Å². The smallest absolute Gasteiger partial charge is 0.415 e. The molecule has 246 valence electrons. The molecule has 2 amide bonds. The van der Waals surface area contributed by atoms with Gasteiger partial charge < -0.3 is 50.8 Å². The van der Waals surface area contributed by atoms with E-state index in [0.29, 0.717) is 62.5 Å². The van der Waals surface area contributed by atoms with Gasteiger partial charge >= 0.3 is 6.09 Å². The average molecular weight is 626 g/mol. The first-order valence-corrected chi connectivity index (χ1v) is 16.2. The molecule has 1 spiro atoms. The third-order valence-corrected chi connectivity index (χ3v) is 10.7. The van der Waals surface area contributed by atoms with E-state index >= 15 is 0 Å². The first-order chi connectivity index (χ1) is 21.6. The Morgan fingerprint density at radius 1 is 1.27 bits per heavy atom. The largest absolute Gasteiger partial charge is 0.493 e. The zero-order chi connectivity index (χ0) is 31.9. The van der Waals surface area contributed by atoms with Crippen molar-refractivity contribution in [2.45, 2.75) is 86.6 Å². The summed E-state index contributed by atoms with van der Waals surface area (Å²) < 4.78 is 18.5. The van der Waals surface area contributed by atoms with Gasteiger partial charge in [-0.05, 0) is 76.2 Å². The van der Waals surface area contributed by atoms with Crippen LogP contribution in [0.25, 0.3) is 0 Å². The number of rotatable bonds is 9. The molecule has 13 nitrogen and oxygen atoms in total. The minimum Gasteiger partial charge on any atom is -0.493 e. The predicted molar refractivity (Wildman–Crippen MR) is 167 cm³/mol. The van der Waals surface area contributed by atoms with Crippen LogP contribution in [-0.2, 0) is 21.4 Å². The molecule has 1 aromatic carbocycles. The van der Waals surface area contributed by atoms with E-state index in [1.54, 1.807) is 19.1 Å². The molecular weight excluding hydrogens is 578 g/mol. The fraction of sp³-hybridized carbons (Fsp3) is 0.656. The van der Waals surface area contributed by atoms with Crippen molar-refractivity contribution < 1.29 is 28.9 Å². The van der Waals surface area contributed by atoms with Crippen LogP contribution in [0, 0.1) is 5.41 Å². The molecule has 1 aromatic rings. The summed E-state index contributed by atoms with van der Waals surface area (Å²) in [5.41, 5.74) is 6.43. The number of aliphatic hydroxyl groups is 1. The normalized spacial score (nSPS) is 30.3. The molecule has 2 unspecified atom stereocenters. The Balaban J connectivity index is 1.15. The maximum atomic E-state index is 13.8. The highest BCUT2D eigenvalue weighted by molar-refractivity contribution is 5.81. The number of carbonyl (C=O) groups is 2. The van der Waals surface area contributed by atoms with E-state index in [4.69, 9.17) is 25.4 Å². The van der Waals surface area contributed by atoms with Gasteiger partial charge in [0, 0.05) is 44.7 Å². The lowest BCUT2D eigenvalue weighted by atomic mass is 9.50. The number of piperidine rings is 2. The molecule has 7 N–H and O–H groups in total. The number of nitrogens with zero attached hydrogens (tertiary/aromatic N) is 2. The van der Waals surface area contributed by atoms with E-state index in [9.17, 15) is 14.7 Å². The van der Waals surface area contributed by atoms with Crippen molar-refractivity contribution in [3.8, 4) is 11.5 Å². The Morgan fingerprint density at radius 3 is 2.87 bits per heavy atom. The van der Waals surface area contributed by atoms with Crippen molar-refractivity contribution in [3.05, 3.63) is 35.1 Å². The Kier molecular flexibility index (Phi) is 8.61. The number of hydrogen-bond donors (Lipinski definition) is 6. The van der Waals surface area contributed by atoms with E-state index in [2.05, 4.69) is 34.0 Å². The average Bonchev–Trinajstić information content (AvgIpc) is 3.40. The highest BCUT2D eigenvalue weighted by atomic mass is 16.6. The van der Waals surface area contributed by atoms with Gasteiger partial charge in [0.15, 0.2) is 23.6 Å². The molecule has 0 saturated carbocycles. The minimum atomic E-state index is -1.08. The highest BCUT2D eigenvalue weighted by Crippen LogP contribution is 2.65. The second-order valence-corrected chi connectivity index (χ2v) is 13.0. The van der Waals surface area contributed by atoms with Crippen LogP contribution in [0.5, 0.6) is 11.5 Å². The summed E-state index contributed by atoms with van der Waals surface area (Å²) in [6.45, 7) is 2.13. The third kappa shape index (κ3) is 5.18. The SMILES string of the molecule is CNC(=N)NCCC[C@H](N)C(=O)NCC1CCCCN1C(=O)OC1=CC[C@@]2(O)C3Cc4ccc(OC)c5c4[C@@]2(CCN3C)[C@H]1O5. The monoisotopic (exact) mass is 625 g/mol. The molecule has 3 aliphatic heterocycles. The van der Waals surface area contributed by atoms with Crippen LogP contribution in [-0.4, -0.2) is 110 Å². The second-order valence-electron chi connectivity index (χ2n) is 13.0. The van der Waals surface area contributed by atoms with Gasteiger partial charge in [-0.3, -0.25) is 10.2 Å². The number of amides is 2. The molecule has 2 saturated heterocycles. The molecule has 13 heteroatoms. The maximum Gasteiger partial charge on any atom is 0.415 e. The van der Waals surface area contributed by atoms with E-state index in [0.717, 1.165) is 36.9 Å². The van der Waals surface area contributed by atoms with Gasteiger partial charge in [0.1, 0.15) is 5.76 Å². The van der Waals surface area contributed by atoms with Gasteiger partial charge in [0.2, 0.25) is 5.91 Å². The zero-order valence-corrected chi connectivity index (χ0v) is 26.5. The molecule has 2 aliphatic carbocycles. The summed E-state index contributed by atoms with van der Waals surface area (Å²) in [5.74, 6) is 1.63. The summed E-state index contributed by atoms with van der Waals surface area (Å²) in [5, 5.41) is 28.5. The summed E-state index contributed by atoms with van der Waals surface area (Å²) in [7, 11) is 5.34. The van der Waals surface area contributed by atoms with Crippen LogP contribution >= 0.6 is 0 Å². The summed E-state index contributed by atoms with van der Waals surface area (Å²) >= 11 is 0. The standard InChI is InChI=1S/C32H47N7O6/c1-35-29(34)36-14-6-8-21(33)28(40)37-18-20-7-4-5-15-39(20)30(41)44-23-11-12-32(42)24-17-19-9-10-22(43-3)26-25(19)31(32,27(23)45-26)13-16-38(24)2/h9-11,20-21,24,27,42H,4-8,12-18,33H2,1-3H3,(H,37,40)(H3,34,35,36)/t20?,21-,24?,27-,31-,32+/m0/s1. The number of hydrogen-bond acceptors (Lipinski definition) is 9. The molecule has 45 heavy (non-hydrogen) atoms. The highest BCUT2D eigenvalue weighted by Gasteiger charge is 2.72. The number of nitrogens with two attached hydrogens (primary N) is 1. The molecule has 2 bridgehead atoms. The second kappa shape index (κ2) is 12.3.